The minimum absolute atomic E-state index is 0.197. The molecular formula is C19H27N3O3. The Morgan fingerprint density at radius 1 is 1.00 bits per heavy atom. The van der Waals surface area contributed by atoms with Gasteiger partial charge in [0.1, 0.15) is 11.4 Å². The molecule has 0 radical (unpaired) electrons. The quantitative estimate of drug-likeness (QED) is 0.483. The first kappa shape index (κ1) is 19.0. The van der Waals surface area contributed by atoms with Gasteiger partial charge < -0.3 is 9.47 Å². The molecule has 25 heavy (non-hydrogen) atoms. The van der Waals surface area contributed by atoms with E-state index < -0.39 is 5.97 Å². The van der Waals surface area contributed by atoms with Crippen molar-refractivity contribution in [1.82, 2.24) is 15.4 Å². The number of ether oxygens (including phenoxy) is 2. The Kier molecular flexibility index (Phi) is 7.95. The molecule has 6 nitrogen and oxygen atoms in total. The van der Waals surface area contributed by atoms with Crippen molar-refractivity contribution in [2.75, 3.05) is 13.2 Å². The van der Waals surface area contributed by atoms with Crippen LogP contribution in [-0.4, -0.2) is 34.6 Å². The first-order valence-corrected chi connectivity index (χ1v) is 9.07. The van der Waals surface area contributed by atoms with Crippen molar-refractivity contribution in [1.29, 1.82) is 0 Å². The Labute approximate surface area is 148 Å². The fourth-order valence-electron chi connectivity index (χ4n) is 2.56. The van der Waals surface area contributed by atoms with Crippen LogP contribution in [0.25, 0.3) is 11.3 Å². The molecule has 136 valence electrons. The van der Waals surface area contributed by atoms with Gasteiger partial charge in [0.05, 0.1) is 13.2 Å². The summed E-state index contributed by atoms with van der Waals surface area (Å²) in [6.45, 7) is 5.01. The molecule has 0 saturated heterocycles. The van der Waals surface area contributed by atoms with E-state index in [0.29, 0.717) is 12.3 Å². The zero-order chi connectivity index (χ0) is 17.9. The van der Waals surface area contributed by atoms with Gasteiger partial charge >= 0.3 is 5.97 Å². The number of H-pyrrole nitrogens is 1. The average Bonchev–Trinajstić information content (AvgIpc) is 3.11. The van der Waals surface area contributed by atoms with Gasteiger partial charge in [0.15, 0.2) is 5.69 Å². The number of benzene rings is 1. The number of unbranched alkanes of at least 4 members (excludes halogenated alkanes) is 5. The van der Waals surface area contributed by atoms with E-state index in [1.807, 2.05) is 24.3 Å². The van der Waals surface area contributed by atoms with Gasteiger partial charge in [0, 0.05) is 5.56 Å². The van der Waals surface area contributed by atoms with Gasteiger partial charge in [-0.25, -0.2) is 4.79 Å². The Bertz CT molecular complexity index is 638. The molecule has 6 heteroatoms. The van der Waals surface area contributed by atoms with Gasteiger partial charge in [0.25, 0.3) is 0 Å². The molecule has 0 aliphatic rings. The van der Waals surface area contributed by atoms with Crippen LogP contribution in [0.4, 0.5) is 0 Å². The Morgan fingerprint density at radius 3 is 2.44 bits per heavy atom. The maximum absolute atomic E-state index is 11.9. The van der Waals surface area contributed by atoms with Gasteiger partial charge in [0.2, 0.25) is 0 Å². The number of aromatic nitrogens is 3. The monoisotopic (exact) mass is 345 g/mol. The number of carbonyl (C=O) groups excluding carboxylic acids is 1. The minimum atomic E-state index is -0.477. The summed E-state index contributed by atoms with van der Waals surface area (Å²) in [6, 6.07) is 7.51. The van der Waals surface area contributed by atoms with E-state index >= 15 is 0 Å². The number of hydrogen-bond acceptors (Lipinski definition) is 5. The predicted octanol–water partition coefficient (Wildman–Crippen LogP) is 4.39. The second-order valence-electron chi connectivity index (χ2n) is 5.88. The van der Waals surface area contributed by atoms with Gasteiger partial charge in [-0.3, -0.25) is 0 Å². The van der Waals surface area contributed by atoms with Crippen molar-refractivity contribution in [3.8, 4) is 17.0 Å². The number of carbonyl (C=O) groups is 1. The summed E-state index contributed by atoms with van der Waals surface area (Å²) in [5.41, 5.74) is 1.48. The number of hydrogen-bond donors (Lipinski definition) is 1. The Hall–Kier alpha value is -2.37. The van der Waals surface area contributed by atoms with Crippen LogP contribution in [0.1, 0.15) is 62.9 Å². The summed E-state index contributed by atoms with van der Waals surface area (Å²) in [7, 11) is 0. The molecule has 0 amide bonds. The first-order chi connectivity index (χ1) is 12.3. The van der Waals surface area contributed by atoms with E-state index in [1.54, 1.807) is 6.92 Å². The number of rotatable bonds is 11. The summed E-state index contributed by atoms with van der Waals surface area (Å²) in [5, 5.41) is 10.4. The van der Waals surface area contributed by atoms with Crippen molar-refractivity contribution >= 4 is 5.97 Å². The van der Waals surface area contributed by atoms with Crippen molar-refractivity contribution in [2.24, 2.45) is 0 Å². The summed E-state index contributed by atoms with van der Waals surface area (Å²) < 4.78 is 10.8. The Balaban J connectivity index is 1.84. The average molecular weight is 345 g/mol. The van der Waals surface area contributed by atoms with Crippen LogP contribution in [0, 0.1) is 0 Å². The van der Waals surface area contributed by atoms with Crippen molar-refractivity contribution in [2.45, 2.75) is 52.4 Å². The molecule has 0 saturated carbocycles. The van der Waals surface area contributed by atoms with Crippen molar-refractivity contribution in [3.63, 3.8) is 0 Å². The number of nitrogens with zero attached hydrogens (tertiary/aromatic N) is 2. The van der Waals surface area contributed by atoms with Crippen molar-refractivity contribution in [3.05, 3.63) is 30.0 Å². The molecule has 1 aromatic heterocycles. The number of nitrogens with one attached hydrogen (secondary N) is 1. The third-order valence-electron chi connectivity index (χ3n) is 3.91. The highest BCUT2D eigenvalue weighted by Crippen LogP contribution is 2.23. The molecule has 1 N–H and O–H groups in total. The van der Waals surface area contributed by atoms with Crippen molar-refractivity contribution < 1.29 is 14.3 Å². The zero-order valence-corrected chi connectivity index (χ0v) is 15.1. The normalized spacial score (nSPS) is 10.6. The molecule has 0 bridgehead atoms. The molecule has 0 unspecified atom stereocenters. The lowest BCUT2D eigenvalue weighted by molar-refractivity contribution is 0.0520. The molecule has 2 rings (SSSR count). The van der Waals surface area contributed by atoms with Gasteiger partial charge in [-0.15, -0.1) is 5.10 Å². The van der Waals surface area contributed by atoms with Gasteiger partial charge in [-0.1, -0.05) is 39.0 Å². The molecule has 0 fully saturated rings. The molecule has 0 aliphatic carbocycles. The molecule has 2 aromatic rings. The van der Waals surface area contributed by atoms with E-state index in [2.05, 4.69) is 22.3 Å². The lowest BCUT2D eigenvalue weighted by Gasteiger charge is -2.07. The van der Waals surface area contributed by atoms with Gasteiger partial charge in [-0.05, 0) is 37.6 Å². The van der Waals surface area contributed by atoms with Gasteiger partial charge in [-0.2, -0.15) is 10.3 Å². The maximum Gasteiger partial charge on any atom is 0.361 e. The smallest absolute Gasteiger partial charge is 0.361 e. The summed E-state index contributed by atoms with van der Waals surface area (Å²) >= 11 is 0. The summed E-state index contributed by atoms with van der Waals surface area (Å²) in [6.07, 6.45) is 7.46. The predicted molar refractivity (Wildman–Crippen MR) is 96.6 cm³/mol. The highest BCUT2D eigenvalue weighted by molar-refractivity contribution is 5.93. The zero-order valence-electron chi connectivity index (χ0n) is 15.1. The molecule has 0 aliphatic heterocycles. The van der Waals surface area contributed by atoms with E-state index in [0.717, 1.165) is 24.3 Å². The van der Waals surface area contributed by atoms with Crippen LogP contribution in [0.15, 0.2) is 24.3 Å². The fraction of sp³-hybridized carbons (Fsp3) is 0.526. The fourth-order valence-corrected chi connectivity index (χ4v) is 2.56. The highest BCUT2D eigenvalue weighted by Gasteiger charge is 2.18. The topological polar surface area (TPSA) is 77.1 Å². The van der Waals surface area contributed by atoms with Crippen LogP contribution >= 0.6 is 0 Å². The third kappa shape index (κ3) is 5.89. The lowest BCUT2D eigenvalue weighted by atomic mass is 10.1. The molecule has 0 spiro atoms. The van der Waals surface area contributed by atoms with Crippen LogP contribution in [0.3, 0.4) is 0 Å². The number of esters is 1. The van der Waals surface area contributed by atoms with Crippen LogP contribution < -0.4 is 4.74 Å². The molecular weight excluding hydrogens is 318 g/mol. The molecule has 1 aromatic carbocycles. The third-order valence-corrected chi connectivity index (χ3v) is 3.91. The maximum atomic E-state index is 11.9. The molecule has 1 heterocycles. The standard InChI is InChI=1S/C19H27N3O3/c1-3-5-6-7-8-9-14-25-16-12-10-15(11-13-16)17-18(21-22-20-17)19(23)24-4-2/h10-13H,3-9,14H2,1-2H3,(H,20,21,22). The largest absolute Gasteiger partial charge is 0.494 e. The van der Waals surface area contributed by atoms with E-state index in [-0.39, 0.29) is 5.69 Å². The number of aromatic amines is 1. The van der Waals surface area contributed by atoms with E-state index in [9.17, 15) is 4.79 Å². The highest BCUT2D eigenvalue weighted by atomic mass is 16.5. The Morgan fingerprint density at radius 2 is 1.72 bits per heavy atom. The second kappa shape index (κ2) is 10.5. The van der Waals surface area contributed by atoms with Crippen LogP contribution in [0.5, 0.6) is 5.75 Å². The van der Waals surface area contributed by atoms with E-state index in [1.165, 1.54) is 32.1 Å². The summed E-state index contributed by atoms with van der Waals surface area (Å²) in [5.74, 6) is 0.341. The van der Waals surface area contributed by atoms with E-state index in [4.69, 9.17) is 9.47 Å². The lowest BCUT2D eigenvalue weighted by Crippen LogP contribution is -2.06. The van der Waals surface area contributed by atoms with Crippen LogP contribution in [-0.2, 0) is 4.74 Å². The molecule has 0 atom stereocenters. The summed E-state index contributed by atoms with van der Waals surface area (Å²) in [4.78, 5) is 11.9. The first-order valence-electron chi connectivity index (χ1n) is 9.07. The SMILES string of the molecule is CCCCCCCCOc1ccc(-c2n[nH]nc2C(=O)OCC)cc1. The van der Waals surface area contributed by atoms with Crippen LogP contribution in [0.2, 0.25) is 0 Å². The minimum Gasteiger partial charge on any atom is -0.494 e. The second-order valence-corrected chi connectivity index (χ2v) is 5.88.